The van der Waals surface area contributed by atoms with Crippen molar-refractivity contribution in [2.24, 2.45) is 0 Å². The number of hydrogen-bond donors (Lipinski definition) is 0. The minimum atomic E-state index is -3.74. The van der Waals surface area contributed by atoms with Gasteiger partial charge in [0.15, 0.2) is 0 Å². The van der Waals surface area contributed by atoms with Gasteiger partial charge in [-0.3, -0.25) is 0 Å². The first-order valence-electron chi connectivity index (χ1n) is 8.05. The summed E-state index contributed by atoms with van der Waals surface area (Å²) in [5.41, 5.74) is 2.91. The van der Waals surface area contributed by atoms with Crippen molar-refractivity contribution in [2.75, 3.05) is 0 Å². The molecule has 2 aromatic rings. The van der Waals surface area contributed by atoms with Crippen LogP contribution in [0.15, 0.2) is 29.7 Å². The lowest BCUT2D eigenvalue weighted by atomic mass is 9.91. The van der Waals surface area contributed by atoms with Crippen molar-refractivity contribution < 1.29 is 8.42 Å². The molecule has 126 valence electrons. The van der Waals surface area contributed by atoms with E-state index in [-0.39, 0.29) is 11.8 Å². The van der Waals surface area contributed by atoms with Gasteiger partial charge in [0.1, 0.15) is 12.7 Å². The predicted molar refractivity (Wildman–Crippen MR) is 91.2 cm³/mol. The average Bonchev–Trinajstić information content (AvgIpc) is 3.01. The second-order valence-electron chi connectivity index (χ2n) is 6.44. The molecule has 0 atom stereocenters. The maximum Gasteiger partial charge on any atom is 0.284 e. The molecule has 1 heterocycles. The summed E-state index contributed by atoms with van der Waals surface area (Å²) < 4.78 is 27.1. The highest BCUT2D eigenvalue weighted by Gasteiger charge is 2.28. The molecule has 6 heteroatoms. The van der Waals surface area contributed by atoms with Gasteiger partial charge >= 0.3 is 0 Å². The molecule has 1 aromatic heterocycles. The van der Waals surface area contributed by atoms with Gasteiger partial charge in [-0.05, 0) is 34.9 Å². The fourth-order valence-electron chi connectivity index (χ4n) is 2.74. The molecule has 0 saturated heterocycles. The minimum Gasteiger partial charge on any atom is -0.222 e. The van der Waals surface area contributed by atoms with Gasteiger partial charge in [-0.25, -0.2) is 4.98 Å². The van der Waals surface area contributed by atoms with Gasteiger partial charge in [-0.1, -0.05) is 53.2 Å². The number of benzene rings is 1. The van der Waals surface area contributed by atoms with Crippen LogP contribution in [0.2, 0.25) is 0 Å². The van der Waals surface area contributed by atoms with Crippen molar-refractivity contribution >= 4 is 10.0 Å². The van der Waals surface area contributed by atoms with E-state index in [2.05, 4.69) is 17.0 Å². The molecule has 0 spiro atoms. The van der Waals surface area contributed by atoms with Crippen LogP contribution in [-0.2, 0) is 16.4 Å². The Bertz CT molecular complexity index is 734. The Morgan fingerprint density at radius 3 is 2.04 bits per heavy atom. The van der Waals surface area contributed by atoms with Crippen LogP contribution in [-0.4, -0.2) is 22.6 Å². The number of aryl methyl sites for hydroxylation is 1. The molecule has 0 unspecified atom stereocenters. The minimum absolute atomic E-state index is 0.109. The normalized spacial score (nSPS) is 12.3. The first-order valence-corrected chi connectivity index (χ1v) is 9.50. The van der Waals surface area contributed by atoms with Gasteiger partial charge in [0.2, 0.25) is 0 Å². The Balaban J connectivity index is 2.79. The van der Waals surface area contributed by atoms with E-state index in [0.29, 0.717) is 4.90 Å². The number of hydrogen-bond acceptors (Lipinski definition) is 4. The van der Waals surface area contributed by atoms with Crippen LogP contribution in [0.3, 0.4) is 0 Å². The third kappa shape index (κ3) is 3.47. The first kappa shape index (κ1) is 17.7. The van der Waals surface area contributed by atoms with E-state index in [9.17, 15) is 8.42 Å². The molecule has 0 N–H and O–H groups in total. The zero-order valence-electron chi connectivity index (χ0n) is 14.4. The van der Waals surface area contributed by atoms with Crippen LogP contribution in [0.25, 0.3) is 0 Å². The molecule has 0 bridgehead atoms. The fourth-order valence-corrected chi connectivity index (χ4v) is 4.46. The van der Waals surface area contributed by atoms with Gasteiger partial charge in [-0.15, -0.1) is 9.19 Å². The van der Waals surface area contributed by atoms with Crippen LogP contribution in [0.4, 0.5) is 0 Å². The number of rotatable bonds is 6. The topological polar surface area (TPSA) is 64.8 Å². The quantitative estimate of drug-likeness (QED) is 0.807. The van der Waals surface area contributed by atoms with Crippen molar-refractivity contribution in [3.05, 3.63) is 41.5 Å². The van der Waals surface area contributed by atoms with E-state index >= 15 is 0 Å². The molecule has 0 aliphatic heterocycles. The van der Waals surface area contributed by atoms with E-state index in [1.54, 1.807) is 0 Å². The standard InChI is InChI=1S/C17H25N3O2S/c1-6-7-14-8-15(12(2)3)17(16(9-14)13(4)5)23(21,22)20-11-18-10-19-20/h8-13H,6-7H2,1-5H3. The molecule has 2 rings (SSSR count). The van der Waals surface area contributed by atoms with Crippen molar-refractivity contribution in [3.8, 4) is 0 Å². The zero-order valence-corrected chi connectivity index (χ0v) is 15.3. The molecular weight excluding hydrogens is 310 g/mol. The molecule has 0 amide bonds. The summed E-state index contributed by atoms with van der Waals surface area (Å²) in [5.74, 6) is 0.218. The Hall–Kier alpha value is -1.69. The number of aromatic nitrogens is 3. The van der Waals surface area contributed by atoms with E-state index in [4.69, 9.17) is 0 Å². The largest absolute Gasteiger partial charge is 0.284 e. The summed E-state index contributed by atoms with van der Waals surface area (Å²) in [4.78, 5) is 4.16. The summed E-state index contributed by atoms with van der Waals surface area (Å²) in [6.45, 7) is 10.2. The fraction of sp³-hybridized carbons (Fsp3) is 0.529. The lowest BCUT2D eigenvalue weighted by Crippen LogP contribution is -2.19. The summed E-state index contributed by atoms with van der Waals surface area (Å²) in [5, 5.41) is 3.84. The van der Waals surface area contributed by atoms with E-state index in [0.717, 1.165) is 28.1 Å². The number of nitrogens with zero attached hydrogens (tertiary/aromatic N) is 3. The highest BCUT2D eigenvalue weighted by atomic mass is 32.2. The lowest BCUT2D eigenvalue weighted by Gasteiger charge is -2.21. The summed E-state index contributed by atoms with van der Waals surface area (Å²) in [6.07, 6.45) is 4.46. The van der Waals surface area contributed by atoms with Gasteiger partial charge in [0.25, 0.3) is 10.0 Å². The molecule has 0 saturated carbocycles. The van der Waals surface area contributed by atoms with Crippen molar-refractivity contribution in [1.82, 2.24) is 14.2 Å². The second kappa shape index (κ2) is 6.83. The second-order valence-corrected chi connectivity index (χ2v) is 8.17. The lowest BCUT2D eigenvalue weighted by molar-refractivity contribution is 0.574. The van der Waals surface area contributed by atoms with Crippen molar-refractivity contribution in [3.63, 3.8) is 0 Å². The molecule has 23 heavy (non-hydrogen) atoms. The Kier molecular flexibility index (Phi) is 5.24. The smallest absolute Gasteiger partial charge is 0.222 e. The van der Waals surface area contributed by atoms with Crippen LogP contribution < -0.4 is 0 Å². The van der Waals surface area contributed by atoms with Crippen LogP contribution in [0.5, 0.6) is 0 Å². The van der Waals surface area contributed by atoms with Crippen molar-refractivity contribution in [2.45, 2.75) is 64.2 Å². The average molecular weight is 335 g/mol. The van der Waals surface area contributed by atoms with Crippen LogP contribution in [0, 0.1) is 0 Å². The SMILES string of the molecule is CCCc1cc(C(C)C)c(S(=O)(=O)n2cncn2)c(C(C)C)c1. The molecule has 5 nitrogen and oxygen atoms in total. The predicted octanol–water partition coefficient (Wildman–Crippen LogP) is 3.71. The molecule has 1 aromatic carbocycles. The Labute approximate surface area is 138 Å². The van der Waals surface area contributed by atoms with Gasteiger partial charge in [0.05, 0.1) is 4.90 Å². The van der Waals surface area contributed by atoms with E-state index in [1.807, 2.05) is 39.8 Å². The van der Waals surface area contributed by atoms with Gasteiger partial charge < -0.3 is 0 Å². The maximum absolute atomic E-state index is 13.1. The van der Waals surface area contributed by atoms with E-state index < -0.39 is 10.0 Å². The maximum atomic E-state index is 13.1. The molecule has 0 radical (unpaired) electrons. The third-order valence-electron chi connectivity index (χ3n) is 3.89. The van der Waals surface area contributed by atoms with Crippen molar-refractivity contribution in [1.29, 1.82) is 0 Å². The highest BCUT2D eigenvalue weighted by molar-refractivity contribution is 7.90. The Morgan fingerprint density at radius 1 is 1.09 bits per heavy atom. The summed E-state index contributed by atoms with van der Waals surface area (Å²) in [6, 6.07) is 4.06. The first-order chi connectivity index (χ1) is 10.8. The van der Waals surface area contributed by atoms with Gasteiger partial charge in [-0.2, -0.15) is 8.42 Å². The van der Waals surface area contributed by atoms with E-state index in [1.165, 1.54) is 18.2 Å². The Morgan fingerprint density at radius 2 is 1.65 bits per heavy atom. The van der Waals surface area contributed by atoms with Crippen LogP contribution >= 0.6 is 0 Å². The van der Waals surface area contributed by atoms with Gasteiger partial charge in [0, 0.05) is 0 Å². The molecule has 0 fully saturated rings. The highest BCUT2D eigenvalue weighted by Crippen LogP contribution is 2.34. The summed E-state index contributed by atoms with van der Waals surface area (Å²) in [7, 11) is -3.74. The summed E-state index contributed by atoms with van der Waals surface area (Å²) >= 11 is 0. The molecule has 0 aliphatic carbocycles. The molecular formula is C17H25N3O2S. The van der Waals surface area contributed by atoms with Crippen LogP contribution in [0.1, 0.15) is 69.6 Å². The zero-order chi connectivity index (χ0) is 17.2. The third-order valence-corrected chi connectivity index (χ3v) is 5.56. The monoisotopic (exact) mass is 335 g/mol. The molecule has 0 aliphatic rings.